The van der Waals surface area contributed by atoms with Crippen molar-refractivity contribution in [2.24, 2.45) is 0 Å². The minimum absolute atomic E-state index is 0.339. The first-order valence-electron chi connectivity index (χ1n) is 10.4. The van der Waals surface area contributed by atoms with Crippen LogP contribution in [0.15, 0.2) is 23.1 Å². The molecule has 0 aromatic heterocycles. The third-order valence-electron chi connectivity index (χ3n) is 4.44. The Hall–Kier alpha value is -2.83. The highest BCUT2D eigenvalue weighted by atomic mass is 35.5. The Bertz CT molecular complexity index is 987. The van der Waals surface area contributed by atoms with Gasteiger partial charge in [0, 0.05) is 44.5 Å². The molecule has 11 nitrogen and oxygen atoms in total. The molecular formula is C22H26ClNO10S. The predicted molar refractivity (Wildman–Crippen MR) is 124 cm³/mol. The molecule has 1 heterocycles. The number of carbonyl (C=O) groups is 5. The third kappa shape index (κ3) is 8.71. The zero-order valence-corrected chi connectivity index (χ0v) is 21.3. The fourth-order valence-corrected chi connectivity index (χ4v) is 4.65. The Balaban J connectivity index is 2.53. The van der Waals surface area contributed by atoms with E-state index in [0.717, 1.165) is 32.5 Å². The van der Waals surface area contributed by atoms with Crippen LogP contribution in [-0.2, 0) is 47.7 Å². The van der Waals surface area contributed by atoms with E-state index in [1.54, 1.807) is 12.1 Å². The van der Waals surface area contributed by atoms with Crippen LogP contribution >= 0.6 is 23.4 Å². The molecule has 13 heteroatoms. The predicted octanol–water partition coefficient (Wildman–Crippen LogP) is 2.47. The zero-order chi connectivity index (χ0) is 26.3. The molecule has 35 heavy (non-hydrogen) atoms. The lowest BCUT2D eigenvalue weighted by atomic mass is 9.99. The number of anilines is 1. The summed E-state index contributed by atoms with van der Waals surface area (Å²) in [6.45, 7) is 5.61. The normalized spacial score (nSPS) is 23.5. The van der Waals surface area contributed by atoms with E-state index in [1.165, 1.54) is 19.9 Å². The number of hydrogen-bond donors (Lipinski definition) is 1. The molecule has 1 fully saturated rings. The summed E-state index contributed by atoms with van der Waals surface area (Å²) in [6.07, 6.45) is -4.85. The Labute approximate surface area is 211 Å². The number of thioether (sulfide) groups is 1. The highest BCUT2D eigenvalue weighted by molar-refractivity contribution is 8.00. The maximum Gasteiger partial charge on any atom is 0.303 e. The van der Waals surface area contributed by atoms with Gasteiger partial charge in [-0.1, -0.05) is 23.4 Å². The van der Waals surface area contributed by atoms with Gasteiger partial charge in [0.05, 0.1) is 5.69 Å². The number of halogens is 1. The van der Waals surface area contributed by atoms with E-state index >= 15 is 0 Å². The van der Waals surface area contributed by atoms with Gasteiger partial charge >= 0.3 is 23.9 Å². The summed E-state index contributed by atoms with van der Waals surface area (Å²) in [5.74, 6) is -3.13. The summed E-state index contributed by atoms with van der Waals surface area (Å²) < 4.78 is 27.3. The molecule has 0 radical (unpaired) electrons. The van der Waals surface area contributed by atoms with Crippen LogP contribution in [0, 0.1) is 0 Å². The van der Waals surface area contributed by atoms with Crippen LogP contribution < -0.4 is 5.32 Å². The van der Waals surface area contributed by atoms with Gasteiger partial charge in [-0.3, -0.25) is 24.0 Å². The average molecular weight is 532 g/mol. The van der Waals surface area contributed by atoms with Gasteiger partial charge in [-0.15, -0.1) is 0 Å². The fraction of sp³-hybridized carbons (Fsp3) is 0.500. The molecule has 2 rings (SSSR count). The number of carbonyl (C=O) groups excluding carboxylic acids is 5. The van der Waals surface area contributed by atoms with E-state index < -0.39 is 53.7 Å². The summed E-state index contributed by atoms with van der Waals surface area (Å²) in [5, 5.41) is 3.02. The molecule has 0 saturated carbocycles. The molecule has 0 bridgehead atoms. The molecule has 1 aromatic rings. The zero-order valence-electron chi connectivity index (χ0n) is 19.7. The standard InChI is InChI=1S/C22H26ClNO10S/c1-10(25)24-16-8-15(23)6-7-18(16)35-22-21(33-14(5)29)20(32-13(4)28)19(31-12(3)27)17(34-22)9-30-11(2)26/h6-8,17,19-22H,9H2,1-5H3,(H,24,25)/t17-,19+,20+,21+,22+/m0/s1. The van der Waals surface area contributed by atoms with Gasteiger partial charge in [0.1, 0.15) is 18.1 Å². The molecule has 1 aromatic carbocycles. The van der Waals surface area contributed by atoms with Crippen LogP contribution in [-0.4, -0.2) is 66.2 Å². The first-order chi connectivity index (χ1) is 16.4. The number of rotatable bonds is 8. The summed E-state index contributed by atoms with van der Waals surface area (Å²) in [4.78, 5) is 59.3. The molecule has 1 aliphatic rings. The van der Waals surface area contributed by atoms with Crippen molar-refractivity contribution in [3.05, 3.63) is 23.2 Å². The van der Waals surface area contributed by atoms with E-state index in [2.05, 4.69) is 5.32 Å². The highest BCUT2D eigenvalue weighted by Gasteiger charge is 2.52. The molecule has 0 spiro atoms. The van der Waals surface area contributed by atoms with Gasteiger partial charge in [0.15, 0.2) is 18.3 Å². The second kappa shape index (κ2) is 12.8. The van der Waals surface area contributed by atoms with Gasteiger partial charge in [0.25, 0.3) is 0 Å². The summed E-state index contributed by atoms with van der Waals surface area (Å²) in [7, 11) is 0. The van der Waals surface area contributed by atoms with Gasteiger partial charge in [0.2, 0.25) is 5.91 Å². The summed E-state index contributed by atoms with van der Waals surface area (Å²) in [6, 6.07) is 4.73. The Morgan fingerprint density at radius 2 is 1.46 bits per heavy atom. The van der Waals surface area contributed by atoms with Crippen LogP contribution in [0.2, 0.25) is 5.02 Å². The van der Waals surface area contributed by atoms with Crippen molar-refractivity contribution in [2.45, 2.75) is 69.4 Å². The summed E-state index contributed by atoms with van der Waals surface area (Å²) >= 11 is 7.10. The first kappa shape index (κ1) is 28.4. The van der Waals surface area contributed by atoms with E-state index in [0.29, 0.717) is 15.6 Å². The lowest BCUT2D eigenvalue weighted by molar-refractivity contribution is -0.237. The third-order valence-corrected chi connectivity index (χ3v) is 5.90. The molecule has 1 saturated heterocycles. The number of ether oxygens (including phenoxy) is 5. The van der Waals surface area contributed by atoms with E-state index in [1.807, 2.05) is 0 Å². The van der Waals surface area contributed by atoms with Gasteiger partial charge in [-0.25, -0.2) is 0 Å². The van der Waals surface area contributed by atoms with Gasteiger partial charge < -0.3 is 29.0 Å². The second-order valence-electron chi connectivity index (χ2n) is 7.51. The SMILES string of the molecule is CC(=O)Nc1cc(Cl)ccc1S[C@H]1O[C@@H](COC(C)=O)[C@@H](OC(C)=O)[C@@H](OC(C)=O)[C@H]1OC(C)=O. The molecular weight excluding hydrogens is 506 g/mol. The van der Waals surface area contributed by atoms with Crippen LogP contribution in [0.3, 0.4) is 0 Å². The average Bonchev–Trinajstić information content (AvgIpc) is 2.71. The van der Waals surface area contributed by atoms with Crippen molar-refractivity contribution in [1.29, 1.82) is 0 Å². The van der Waals surface area contributed by atoms with E-state index in [-0.39, 0.29) is 12.5 Å². The van der Waals surface area contributed by atoms with E-state index in [4.69, 9.17) is 35.3 Å². The maximum absolute atomic E-state index is 11.9. The van der Waals surface area contributed by atoms with Gasteiger partial charge in [-0.2, -0.15) is 0 Å². The van der Waals surface area contributed by atoms with Crippen LogP contribution in [0.5, 0.6) is 0 Å². The lowest BCUT2D eigenvalue weighted by Crippen LogP contribution is -2.61. The second-order valence-corrected chi connectivity index (χ2v) is 9.08. The first-order valence-corrected chi connectivity index (χ1v) is 11.7. The molecule has 1 aliphatic heterocycles. The lowest BCUT2D eigenvalue weighted by Gasteiger charge is -2.44. The number of benzene rings is 1. The van der Waals surface area contributed by atoms with Gasteiger partial charge in [-0.05, 0) is 18.2 Å². The monoisotopic (exact) mass is 531 g/mol. The number of nitrogens with one attached hydrogen (secondary N) is 1. The quantitative estimate of drug-likeness (QED) is 0.390. The maximum atomic E-state index is 11.9. The van der Waals surface area contributed by atoms with Crippen LogP contribution in [0.4, 0.5) is 5.69 Å². The number of esters is 4. The molecule has 0 aliphatic carbocycles. The largest absolute Gasteiger partial charge is 0.463 e. The van der Waals surface area contributed by atoms with Crippen LogP contribution in [0.25, 0.3) is 0 Å². The Kier molecular flexibility index (Phi) is 10.3. The summed E-state index contributed by atoms with van der Waals surface area (Å²) in [5.41, 5.74) is -0.674. The molecule has 5 atom stereocenters. The smallest absolute Gasteiger partial charge is 0.303 e. The van der Waals surface area contributed by atoms with Crippen molar-refractivity contribution in [3.8, 4) is 0 Å². The van der Waals surface area contributed by atoms with Crippen molar-refractivity contribution < 1.29 is 47.7 Å². The molecule has 192 valence electrons. The Morgan fingerprint density at radius 3 is 2.00 bits per heavy atom. The molecule has 1 amide bonds. The molecule has 1 N–H and O–H groups in total. The van der Waals surface area contributed by atoms with Crippen molar-refractivity contribution in [3.63, 3.8) is 0 Å². The van der Waals surface area contributed by atoms with Crippen LogP contribution in [0.1, 0.15) is 34.6 Å². The highest BCUT2D eigenvalue weighted by Crippen LogP contribution is 2.40. The fourth-order valence-electron chi connectivity index (χ4n) is 3.30. The van der Waals surface area contributed by atoms with Crippen molar-refractivity contribution in [1.82, 2.24) is 0 Å². The van der Waals surface area contributed by atoms with E-state index in [9.17, 15) is 24.0 Å². The van der Waals surface area contributed by atoms with Crippen molar-refractivity contribution >= 4 is 58.8 Å². The topological polar surface area (TPSA) is 144 Å². The van der Waals surface area contributed by atoms with Crippen molar-refractivity contribution in [2.75, 3.05) is 11.9 Å². The number of amides is 1. The Morgan fingerprint density at radius 1 is 0.886 bits per heavy atom. The minimum atomic E-state index is -1.29. The minimum Gasteiger partial charge on any atom is -0.463 e. The molecule has 0 unspecified atom stereocenters. The number of hydrogen-bond acceptors (Lipinski definition) is 11.